The summed E-state index contributed by atoms with van der Waals surface area (Å²) in [4.78, 5) is 20.8. The first kappa shape index (κ1) is 20.1. The van der Waals surface area contributed by atoms with Crippen molar-refractivity contribution in [2.45, 2.75) is 17.7 Å². The van der Waals surface area contributed by atoms with Crippen LogP contribution in [0.5, 0.6) is 0 Å². The Morgan fingerprint density at radius 3 is 2.46 bits per heavy atom. The van der Waals surface area contributed by atoms with E-state index in [9.17, 15) is 22.4 Å². The number of carbonyl (C=O) groups excluding carboxylic acids is 1. The van der Waals surface area contributed by atoms with Crippen molar-refractivity contribution in [3.8, 4) is 0 Å². The third kappa shape index (κ3) is 4.59. The fraction of sp³-hybridized carbons (Fsp3) is 0.211. The SMILES string of the molecule is CN(Cc1ccccc1F)C(=O)CSc1nc(C(F)(F)F)nc2ccccc12. The summed E-state index contributed by atoms with van der Waals surface area (Å²) < 4.78 is 52.9. The Labute approximate surface area is 162 Å². The van der Waals surface area contributed by atoms with Gasteiger partial charge in [0, 0.05) is 24.5 Å². The van der Waals surface area contributed by atoms with E-state index >= 15 is 0 Å². The maximum atomic E-state index is 13.7. The number of fused-ring (bicyclic) bond motifs is 1. The number of halogens is 4. The van der Waals surface area contributed by atoms with E-state index in [4.69, 9.17) is 0 Å². The summed E-state index contributed by atoms with van der Waals surface area (Å²) in [6.45, 7) is 0.0599. The van der Waals surface area contributed by atoms with Crippen molar-refractivity contribution in [2.24, 2.45) is 0 Å². The van der Waals surface area contributed by atoms with Gasteiger partial charge in [-0.2, -0.15) is 13.2 Å². The lowest BCUT2D eigenvalue weighted by Gasteiger charge is -2.17. The average Bonchev–Trinajstić information content (AvgIpc) is 2.66. The predicted octanol–water partition coefficient (Wildman–Crippen LogP) is 4.54. The maximum Gasteiger partial charge on any atom is 0.451 e. The Bertz CT molecular complexity index is 1010. The number of amides is 1. The maximum absolute atomic E-state index is 13.7. The van der Waals surface area contributed by atoms with E-state index in [1.165, 1.54) is 24.1 Å². The molecular weight excluding hydrogens is 394 g/mol. The minimum atomic E-state index is -4.69. The first-order valence-corrected chi connectivity index (χ1v) is 9.18. The van der Waals surface area contributed by atoms with Crippen LogP contribution in [0, 0.1) is 5.82 Å². The highest BCUT2D eigenvalue weighted by atomic mass is 32.2. The van der Waals surface area contributed by atoms with Crippen molar-refractivity contribution < 1.29 is 22.4 Å². The third-order valence-electron chi connectivity index (χ3n) is 3.95. The van der Waals surface area contributed by atoms with Crippen molar-refractivity contribution in [3.05, 3.63) is 65.7 Å². The lowest BCUT2D eigenvalue weighted by Crippen LogP contribution is -2.28. The molecule has 28 heavy (non-hydrogen) atoms. The van der Waals surface area contributed by atoms with Gasteiger partial charge in [-0.1, -0.05) is 48.2 Å². The van der Waals surface area contributed by atoms with E-state index in [1.807, 2.05) is 0 Å². The first-order valence-electron chi connectivity index (χ1n) is 8.20. The molecule has 1 aromatic heterocycles. The molecule has 4 nitrogen and oxygen atoms in total. The van der Waals surface area contributed by atoms with E-state index in [2.05, 4.69) is 9.97 Å². The molecule has 0 aliphatic heterocycles. The highest BCUT2D eigenvalue weighted by Crippen LogP contribution is 2.32. The highest BCUT2D eigenvalue weighted by Gasteiger charge is 2.35. The predicted molar refractivity (Wildman–Crippen MR) is 98.1 cm³/mol. The molecule has 0 N–H and O–H groups in total. The van der Waals surface area contributed by atoms with Gasteiger partial charge in [-0.05, 0) is 12.1 Å². The largest absolute Gasteiger partial charge is 0.451 e. The molecule has 1 amide bonds. The molecule has 0 aliphatic rings. The van der Waals surface area contributed by atoms with Crippen LogP contribution in [0.3, 0.4) is 0 Å². The summed E-state index contributed by atoms with van der Waals surface area (Å²) in [5.41, 5.74) is 0.509. The number of aromatic nitrogens is 2. The molecule has 1 heterocycles. The highest BCUT2D eigenvalue weighted by molar-refractivity contribution is 8.00. The zero-order valence-corrected chi connectivity index (χ0v) is 15.5. The minimum Gasteiger partial charge on any atom is -0.341 e. The molecule has 0 radical (unpaired) electrons. The van der Waals surface area contributed by atoms with Crippen LogP contribution in [0.2, 0.25) is 0 Å². The number of rotatable bonds is 5. The Morgan fingerprint density at radius 2 is 1.75 bits per heavy atom. The molecule has 0 unspecified atom stereocenters. The van der Waals surface area contributed by atoms with Gasteiger partial charge in [0.15, 0.2) is 0 Å². The number of hydrogen-bond acceptors (Lipinski definition) is 4. The van der Waals surface area contributed by atoms with Crippen LogP contribution in [0.25, 0.3) is 10.9 Å². The monoisotopic (exact) mass is 409 g/mol. The number of carbonyl (C=O) groups is 1. The van der Waals surface area contributed by atoms with Gasteiger partial charge in [0.05, 0.1) is 11.3 Å². The van der Waals surface area contributed by atoms with Crippen LogP contribution in [0.15, 0.2) is 53.6 Å². The molecular formula is C19H15F4N3OS. The molecule has 0 fully saturated rings. The minimum absolute atomic E-state index is 0.0599. The molecule has 9 heteroatoms. The van der Waals surface area contributed by atoms with Gasteiger partial charge in [0.25, 0.3) is 0 Å². The van der Waals surface area contributed by atoms with Crippen LogP contribution in [-0.4, -0.2) is 33.6 Å². The van der Waals surface area contributed by atoms with Gasteiger partial charge < -0.3 is 4.90 Å². The van der Waals surface area contributed by atoms with Crippen LogP contribution >= 0.6 is 11.8 Å². The van der Waals surface area contributed by atoms with Crippen molar-refractivity contribution in [1.82, 2.24) is 14.9 Å². The molecule has 0 saturated carbocycles. The lowest BCUT2D eigenvalue weighted by atomic mass is 10.2. The number of alkyl halides is 3. The second kappa shape index (κ2) is 8.14. The van der Waals surface area contributed by atoms with Crippen molar-refractivity contribution >= 4 is 28.6 Å². The van der Waals surface area contributed by atoms with Crippen LogP contribution in [0.1, 0.15) is 11.4 Å². The number of benzene rings is 2. The summed E-state index contributed by atoms with van der Waals surface area (Å²) in [6, 6.07) is 12.4. The molecule has 0 spiro atoms. The molecule has 0 saturated heterocycles. The van der Waals surface area contributed by atoms with E-state index in [0.29, 0.717) is 10.9 Å². The molecule has 2 aromatic carbocycles. The zero-order valence-electron chi connectivity index (χ0n) is 14.7. The van der Waals surface area contributed by atoms with E-state index in [1.54, 1.807) is 36.4 Å². The molecule has 3 rings (SSSR count). The van der Waals surface area contributed by atoms with Gasteiger partial charge in [-0.15, -0.1) is 0 Å². The third-order valence-corrected chi connectivity index (χ3v) is 4.92. The van der Waals surface area contributed by atoms with Crippen molar-refractivity contribution in [1.29, 1.82) is 0 Å². The van der Waals surface area contributed by atoms with Crippen LogP contribution in [-0.2, 0) is 17.5 Å². The summed E-state index contributed by atoms with van der Waals surface area (Å²) >= 11 is 0.895. The lowest BCUT2D eigenvalue weighted by molar-refractivity contribution is -0.145. The van der Waals surface area contributed by atoms with Gasteiger partial charge in [0.1, 0.15) is 10.8 Å². The normalized spacial score (nSPS) is 11.6. The Morgan fingerprint density at radius 1 is 1.07 bits per heavy atom. The Kier molecular flexibility index (Phi) is 5.83. The molecule has 0 bridgehead atoms. The quantitative estimate of drug-likeness (QED) is 0.353. The van der Waals surface area contributed by atoms with Gasteiger partial charge in [-0.25, -0.2) is 14.4 Å². The smallest absolute Gasteiger partial charge is 0.341 e. The molecule has 0 aliphatic carbocycles. The second-order valence-electron chi connectivity index (χ2n) is 6.00. The molecule has 146 valence electrons. The Balaban J connectivity index is 1.77. The van der Waals surface area contributed by atoms with E-state index < -0.39 is 17.8 Å². The molecule has 0 atom stereocenters. The fourth-order valence-electron chi connectivity index (χ4n) is 2.49. The summed E-state index contributed by atoms with van der Waals surface area (Å²) in [5.74, 6) is -2.17. The van der Waals surface area contributed by atoms with Gasteiger partial charge in [0.2, 0.25) is 11.7 Å². The number of thioether (sulfide) groups is 1. The molecule has 3 aromatic rings. The van der Waals surface area contributed by atoms with Crippen LogP contribution < -0.4 is 0 Å². The number of hydrogen-bond donors (Lipinski definition) is 0. The van der Waals surface area contributed by atoms with Gasteiger partial charge >= 0.3 is 6.18 Å². The van der Waals surface area contributed by atoms with E-state index in [-0.39, 0.29) is 28.7 Å². The number of para-hydroxylation sites is 1. The summed E-state index contributed by atoms with van der Waals surface area (Å²) in [6.07, 6.45) is -4.69. The van der Waals surface area contributed by atoms with Crippen molar-refractivity contribution in [2.75, 3.05) is 12.8 Å². The van der Waals surface area contributed by atoms with Crippen LogP contribution in [0.4, 0.5) is 17.6 Å². The van der Waals surface area contributed by atoms with Crippen molar-refractivity contribution in [3.63, 3.8) is 0 Å². The Hall–Kier alpha value is -2.68. The standard InChI is InChI=1S/C19H15F4N3OS/c1-26(10-12-6-2-4-8-14(12)20)16(27)11-28-17-13-7-3-5-9-15(13)24-18(25-17)19(21,22)23/h2-9H,10-11H2,1H3. The first-order chi connectivity index (χ1) is 13.3. The average molecular weight is 409 g/mol. The summed E-state index contributed by atoms with van der Waals surface area (Å²) in [5, 5.41) is 0.510. The topological polar surface area (TPSA) is 46.1 Å². The second-order valence-corrected chi connectivity index (χ2v) is 6.96. The zero-order chi connectivity index (χ0) is 20.3. The number of nitrogens with zero attached hydrogens (tertiary/aromatic N) is 3. The fourth-order valence-corrected chi connectivity index (χ4v) is 3.45. The van der Waals surface area contributed by atoms with Gasteiger partial charge in [-0.3, -0.25) is 4.79 Å². The van der Waals surface area contributed by atoms with E-state index in [0.717, 1.165) is 11.8 Å². The summed E-state index contributed by atoms with van der Waals surface area (Å²) in [7, 11) is 1.51.